The van der Waals surface area contributed by atoms with E-state index < -0.39 is 11.8 Å². The van der Waals surface area contributed by atoms with Gasteiger partial charge in [0, 0.05) is 29.5 Å². The van der Waals surface area contributed by atoms with E-state index in [4.69, 9.17) is 25.8 Å². The second-order valence-electron chi connectivity index (χ2n) is 9.49. The predicted molar refractivity (Wildman–Crippen MR) is 149 cm³/mol. The summed E-state index contributed by atoms with van der Waals surface area (Å²) in [6.07, 6.45) is 2.56. The molecule has 1 N–H and O–H groups in total. The smallest absolute Gasteiger partial charge is 0.354 e. The minimum absolute atomic E-state index is 0.00793. The summed E-state index contributed by atoms with van der Waals surface area (Å²) in [6, 6.07) is 18.7. The first-order chi connectivity index (χ1) is 19.9. The van der Waals surface area contributed by atoms with Crippen LogP contribution in [0, 0.1) is 5.82 Å². The summed E-state index contributed by atoms with van der Waals surface area (Å²) in [7, 11) is 0. The third-order valence-corrected chi connectivity index (χ3v) is 6.97. The van der Waals surface area contributed by atoms with Crippen LogP contribution in [-0.2, 0) is 24.5 Å². The van der Waals surface area contributed by atoms with Gasteiger partial charge in [0.1, 0.15) is 36.1 Å². The van der Waals surface area contributed by atoms with Gasteiger partial charge in [0.15, 0.2) is 11.3 Å². The van der Waals surface area contributed by atoms with Crippen molar-refractivity contribution in [1.29, 1.82) is 0 Å². The predicted octanol–water partition coefficient (Wildman–Crippen LogP) is 5.93. The van der Waals surface area contributed by atoms with Gasteiger partial charge in [-0.2, -0.15) is 0 Å². The van der Waals surface area contributed by atoms with Crippen LogP contribution in [0.4, 0.5) is 4.39 Å². The number of halogens is 2. The first-order valence-electron chi connectivity index (χ1n) is 12.9. The van der Waals surface area contributed by atoms with E-state index in [-0.39, 0.29) is 25.0 Å². The number of nitrogens with zero attached hydrogens (tertiary/aromatic N) is 4. The van der Waals surface area contributed by atoms with E-state index in [1.807, 2.05) is 28.8 Å². The molecule has 208 valence electrons. The van der Waals surface area contributed by atoms with Crippen molar-refractivity contribution in [1.82, 2.24) is 19.5 Å². The van der Waals surface area contributed by atoms with Crippen molar-refractivity contribution >= 4 is 28.7 Å². The Kier molecular flexibility index (Phi) is 7.49. The van der Waals surface area contributed by atoms with Crippen LogP contribution >= 0.6 is 11.6 Å². The number of rotatable bonds is 10. The number of carboxylic acids is 1. The second kappa shape index (κ2) is 11.5. The molecule has 0 amide bonds. The van der Waals surface area contributed by atoms with Gasteiger partial charge in [-0.05, 0) is 60.0 Å². The number of pyridine rings is 2. The maximum absolute atomic E-state index is 14.1. The Bertz CT molecular complexity index is 1740. The molecule has 1 atom stereocenters. The Balaban J connectivity index is 1.19. The monoisotopic (exact) mass is 574 g/mol. The molecule has 3 aromatic heterocycles. The highest BCUT2D eigenvalue weighted by Gasteiger charge is 2.23. The Hall–Kier alpha value is -4.54. The van der Waals surface area contributed by atoms with Crippen molar-refractivity contribution in [2.45, 2.75) is 32.3 Å². The number of aromatic nitrogens is 4. The molecule has 0 radical (unpaired) electrons. The van der Waals surface area contributed by atoms with E-state index in [9.17, 15) is 14.3 Å². The van der Waals surface area contributed by atoms with E-state index >= 15 is 0 Å². The minimum atomic E-state index is -1.11. The lowest BCUT2D eigenvalue weighted by Gasteiger charge is -2.27. The van der Waals surface area contributed by atoms with Crippen LogP contribution in [0.3, 0.4) is 0 Å². The van der Waals surface area contributed by atoms with Crippen LogP contribution in [0.5, 0.6) is 11.6 Å². The first-order valence-corrected chi connectivity index (χ1v) is 13.3. The van der Waals surface area contributed by atoms with Gasteiger partial charge in [0.05, 0.1) is 12.6 Å². The molecule has 4 heterocycles. The SMILES string of the molecule is O=C(O)c1ccc2nc(COc3cc(-c4cccc(OCc5ccc(Cl)cc5F)c4)ccn3)n(C[C@@H]3CCO3)c2n1. The Morgan fingerprint density at radius 1 is 1.05 bits per heavy atom. The fourth-order valence-corrected chi connectivity index (χ4v) is 4.63. The van der Waals surface area contributed by atoms with Crippen LogP contribution in [-0.4, -0.2) is 43.3 Å². The average molecular weight is 575 g/mol. The lowest BCUT2D eigenvalue weighted by atomic mass is 10.1. The lowest BCUT2D eigenvalue weighted by Crippen LogP contribution is -2.32. The van der Waals surface area contributed by atoms with E-state index in [0.29, 0.717) is 52.4 Å². The normalized spacial score (nSPS) is 14.5. The number of ether oxygens (including phenoxy) is 3. The van der Waals surface area contributed by atoms with Crippen LogP contribution < -0.4 is 9.47 Å². The van der Waals surface area contributed by atoms with Gasteiger partial charge in [0.2, 0.25) is 5.88 Å². The molecule has 0 saturated carbocycles. The highest BCUT2D eigenvalue weighted by Crippen LogP contribution is 2.28. The fourth-order valence-electron chi connectivity index (χ4n) is 4.47. The zero-order valence-electron chi connectivity index (χ0n) is 21.7. The van der Waals surface area contributed by atoms with Gasteiger partial charge >= 0.3 is 5.97 Å². The molecule has 5 aromatic rings. The van der Waals surface area contributed by atoms with Gasteiger partial charge in [0.25, 0.3) is 0 Å². The summed E-state index contributed by atoms with van der Waals surface area (Å²) < 4.78 is 33.4. The van der Waals surface area contributed by atoms with Gasteiger partial charge in [-0.3, -0.25) is 0 Å². The van der Waals surface area contributed by atoms with E-state index in [0.717, 1.165) is 17.5 Å². The van der Waals surface area contributed by atoms with E-state index in [2.05, 4.69) is 15.0 Å². The molecule has 1 fully saturated rings. The Morgan fingerprint density at radius 3 is 2.68 bits per heavy atom. The molecular weight excluding hydrogens is 551 g/mol. The molecule has 1 aliphatic heterocycles. The molecular formula is C30H24ClFN4O5. The molecule has 1 aliphatic rings. The molecule has 0 aliphatic carbocycles. The van der Waals surface area contributed by atoms with Crippen molar-refractivity contribution in [3.05, 3.63) is 101 Å². The number of carboxylic acid groups (broad SMARTS) is 1. The maximum Gasteiger partial charge on any atom is 0.354 e. The van der Waals surface area contributed by atoms with Crippen molar-refractivity contribution in [2.24, 2.45) is 0 Å². The molecule has 0 unspecified atom stereocenters. The summed E-state index contributed by atoms with van der Waals surface area (Å²) in [4.78, 5) is 24.8. The third-order valence-electron chi connectivity index (χ3n) is 6.73. The molecule has 11 heteroatoms. The quantitative estimate of drug-likeness (QED) is 0.219. The summed E-state index contributed by atoms with van der Waals surface area (Å²) in [5.74, 6) is 0.0232. The van der Waals surface area contributed by atoms with Gasteiger partial charge in [-0.25, -0.2) is 24.1 Å². The van der Waals surface area contributed by atoms with Crippen LogP contribution in [0.1, 0.15) is 28.3 Å². The highest BCUT2D eigenvalue weighted by molar-refractivity contribution is 6.30. The topological polar surface area (TPSA) is 109 Å². The highest BCUT2D eigenvalue weighted by atomic mass is 35.5. The summed E-state index contributed by atoms with van der Waals surface area (Å²) in [5, 5.41) is 9.73. The summed E-state index contributed by atoms with van der Waals surface area (Å²) in [5.41, 5.74) is 3.11. The average Bonchev–Trinajstić information content (AvgIpc) is 3.30. The maximum atomic E-state index is 14.1. The Morgan fingerprint density at radius 2 is 1.90 bits per heavy atom. The summed E-state index contributed by atoms with van der Waals surface area (Å²) in [6.45, 7) is 1.34. The van der Waals surface area contributed by atoms with Crippen LogP contribution in [0.2, 0.25) is 5.02 Å². The molecule has 1 saturated heterocycles. The van der Waals surface area contributed by atoms with Gasteiger partial charge in [-0.1, -0.05) is 29.8 Å². The third kappa shape index (κ3) is 5.98. The number of imidazole rings is 1. The molecule has 2 aromatic carbocycles. The van der Waals surface area contributed by atoms with Crippen molar-refractivity contribution in [3.8, 4) is 22.8 Å². The van der Waals surface area contributed by atoms with E-state index in [1.165, 1.54) is 12.1 Å². The molecule has 41 heavy (non-hydrogen) atoms. The van der Waals surface area contributed by atoms with Crippen molar-refractivity contribution in [3.63, 3.8) is 0 Å². The van der Waals surface area contributed by atoms with Gasteiger partial charge < -0.3 is 23.9 Å². The van der Waals surface area contributed by atoms with Gasteiger partial charge in [-0.15, -0.1) is 0 Å². The van der Waals surface area contributed by atoms with Crippen LogP contribution in [0.25, 0.3) is 22.3 Å². The van der Waals surface area contributed by atoms with Crippen molar-refractivity contribution < 1.29 is 28.5 Å². The number of hydrogen-bond acceptors (Lipinski definition) is 7. The van der Waals surface area contributed by atoms with E-state index in [1.54, 1.807) is 36.5 Å². The summed E-state index contributed by atoms with van der Waals surface area (Å²) >= 11 is 5.84. The minimum Gasteiger partial charge on any atom is -0.489 e. The molecule has 6 rings (SSSR count). The molecule has 0 bridgehead atoms. The number of aromatic carboxylic acids is 1. The zero-order valence-corrected chi connectivity index (χ0v) is 22.4. The fraction of sp³-hybridized carbons (Fsp3) is 0.200. The van der Waals surface area contributed by atoms with Crippen LogP contribution in [0.15, 0.2) is 72.9 Å². The number of carbonyl (C=O) groups is 1. The number of fused-ring (bicyclic) bond motifs is 1. The Labute approximate surface area is 239 Å². The first kappa shape index (κ1) is 26.7. The number of benzene rings is 2. The lowest BCUT2D eigenvalue weighted by molar-refractivity contribution is -0.0593. The zero-order chi connectivity index (χ0) is 28.3. The molecule has 0 spiro atoms. The standard InChI is InChI=1S/C30H24ClFN4O5/c31-21-5-4-20(24(32)14-21)16-40-22-3-1-2-18(12-22)19-8-10-33-28(13-19)41-17-27-34-25-6-7-26(30(37)38)35-29(25)36(27)15-23-9-11-39-23/h1-8,10,12-14,23H,9,11,15-17H2,(H,37,38)/t23-/m0/s1. The largest absolute Gasteiger partial charge is 0.489 e. The second-order valence-corrected chi connectivity index (χ2v) is 9.92. The molecule has 9 nitrogen and oxygen atoms in total. The van der Waals surface area contributed by atoms with Crippen molar-refractivity contribution in [2.75, 3.05) is 6.61 Å². The number of hydrogen-bond donors (Lipinski definition) is 1.